The number of carbonyl (C=O) groups is 1. The Morgan fingerprint density at radius 3 is 2.50 bits per heavy atom. The van der Waals surface area contributed by atoms with Gasteiger partial charge in [-0.2, -0.15) is 0 Å². The second-order valence-corrected chi connectivity index (χ2v) is 5.57. The molecule has 0 aromatic heterocycles. The highest BCUT2D eigenvalue weighted by molar-refractivity contribution is 7.89. The summed E-state index contributed by atoms with van der Waals surface area (Å²) in [5, 5.41) is 18.0. The van der Waals surface area contributed by atoms with E-state index in [-0.39, 0.29) is 0 Å². The molecule has 0 radical (unpaired) electrons. The molecule has 0 heterocycles. The molecule has 0 aliphatic heterocycles. The molecule has 1 atom stereocenters. The smallest absolute Gasteiger partial charge is 0.336 e. The number of carboxylic acid groups (broad SMARTS) is 1. The van der Waals surface area contributed by atoms with E-state index in [2.05, 4.69) is 0 Å². The minimum Gasteiger partial charge on any atom is -0.479 e. The van der Waals surface area contributed by atoms with Crippen molar-refractivity contribution in [3.05, 3.63) is 30.1 Å². The van der Waals surface area contributed by atoms with Crippen LogP contribution in [0.15, 0.2) is 29.2 Å². The minimum absolute atomic E-state index is 0.605. The number of aliphatic carboxylic acids is 1. The molecule has 0 saturated carbocycles. The van der Waals surface area contributed by atoms with Crippen LogP contribution in [0.25, 0.3) is 0 Å². The number of hydrogen-bond acceptors (Lipinski definition) is 4. The molecule has 1 rings (SSSR count). The normalized spacial score (nSPS) is 15.1. The largest absolute Gasteiger partial charge is 0.479 e. The van der Waals surface area contributed by atoms with Crippen molar-refractivity contribution in [2.45, 2.75) is 17.4 Å². The molecule has 1 unspecified atom stereocenters. The van der Waals surface area contributed by atoms with Gasteiger partial charge in [0.2, 0.25) is 10.0 Å². The minimum atomic E-state index is -4.21. The average Bonchev–Trinajstić information content (AvgIpc) is 2.27. The maximum atomic E-state index is 13.3. The Bertz CT molecular complexity index is 555. The second-order valence-electron chi connectivity index (χ2n) is 3.83. The third-order valence-corrected chi connectivity index (χ3v) is 3.63. The summed E-state index contributed by atoms with van der Waals surface area (Å²) in [5.74, 6) is -2.54. The van der Waals surface area contributed by atoms with Crippen LogP contribution in [0.5, 0.6) is 0 Å². The number of hydrogen-bond donors (Lipinski definition) is 3. The molecule has 0 amide bonds. The number of halogens is 1. The summed E-state index contributed by atoms with van der Waals surface area (Å²) < 4.78 is 38.4. The zero-order valence-electron chi connectivity index (χ0n) is 9.42. The van der Waals surface area contributed by atoms with Crippen LogP contribution in [0.2, 0.25) is 0 Å². The van der Waals surface area contributed by atoms with Gasteiger partial charge in [-0.3, -0.25) is 0 Å². The van der Waals surface area contributed by atoms with Crippen molar-refractivity contribution in [2.24, 2.45) is 0 Å². The molecule has 0 aliphatic carbocycles. The van der Waals surface area contributed by atoms with Gasteiger partial charge in [-0.05, 0) is 19.1 Å². The third kappa shape index (κ3) is 3.25. The van der Waals surface area contributed by atoms with E-state index in [1.54, 1.807) is 0 Å². The number of nitrogens with one attached hydrogen (secondary N) is 1. The van der Waals surface area contributed by atoms with E-state index in [1.165, 1.54) is 12.1 Å². The summed E-state index contributed by atoms with van der Waals surface area (Å²) in [5.41, 5.74) is -2.27. The van der Waals surface area contributed by atoms with Crippen molar-refractivity contribution in [2.75, 3.05) is 6.54 Å². The Hall–Kier alpha value is -1.51. The van der Waals surface area contributed by atoms with Gasteiger partial charge in [0.05, 0.1) is 6.54 Å². The van der Waals surface area contributed by atoms with Crippen LogP contribution in [0.4, 0.5) is 4.39 Å². The maximum Gasteiger partial charge on any atom is 0.336 e. The predicted octanol–water partition coefficient (Wildman–Crippen LogP) is -0.0604. The molecule has 6 nitrogen and oxygen atoms in total. The lowest BCUT2D eigenvalue weighted by Crippen LogP contribution is -2.46. The van der Waals surface area contributed by atoms with Gasteiger partial charge in [-0.25, -0.2) is 22.3 Å². The van der Waals surface area contributed by atoms with Gasteiger partial charge < -0.3 is 10.2 Å². The Labute approximate surface area is 103 Å². The highest BCUT2D eigenvalue weighted by Gasteiger charge is 2.32. The van der Waals surface area contributed by atoms with Gasteiger partial charge in [-0.15, -0.1) is 0 Å². The Balaban J connectivity index is 2.92. The lowest BCUT2D eigenvalue weighted by atomic mass is 10.1. The highest BCUT2D eigenvalue weighted by atomic mass is 32.2. The van der Waals surface area contributed by atoms with E-state index < -0.39 is 38.9 Å². The fourth-order valence-corrected chi connectivity index (χ4v) is 2.26. The SMILES string of the molecule is CC(O)(CNS(=O)(=O)c1ccccc1F)C(=O)O. The first-order valence-corrected chi connectivity index (χ1v) is 6.35. The van der Waals surface area contributed by atoms with Crippen LogP contribution >= 0.6 is 0 Å². The number of carboxylic acids is 1. The van der Waals surface area contributed by atoms with Gasteiger partial charge >= 0.3 is 5.97 Å². The van der Waals surface area contributed by atoms with E-state index in [0.29, 0.717) is 0 Å². The van der Waals surface area contributed by atoms with Gasteiger partial charge in [0.25, 0.3) is 0 Å². The summed E-state index contributed by atoms with van der Waals surface area (Å²) >= 11 is 0. The summed E-state index contributed by atoms with van der Waals surface area (Å²) in [6, 6.07) is 4.64. The highest BCUT2D eigenvalue weighted by Crippen LogP contribution is 2.13. The third-order valence-electron chi connectivity index (χ3n) is 2.19. The molecule has 18 heavy (non-hydrogen) atoms. The number of benzene rings is 1. The van der Waals surface area contributed by atoms with Crippen molar-refractivity contribution >= 4 is 16.0 Å². The lowest BCUT2D eigenvalue weighted by Gasteiger charge is -2.18. The van der Waals surface area contributed by atoms with Crippen LogP contribution < -0.4 is 4.72 Å². The van der Waals surface area contributed by atoms with Crippen LogP contribution in [0, 0.1) is 5.82 Å². The molecule has 0 saturated heterocycles. The fraction of sp³-hybridized carbons (Fsp3) is 0.300. The van der Waals surface area contributed by atoms with E-state index in [0.717, 1.165) is 19.1 Å². The number of aliphatic hydroxyl groups is 1. The zero-order chi connectivity index (χ0) is 14.0. The monoisotopic (exact) mass is 277 g/mol. The topological polar surface area (TPSA) is 104 Å². The van der Waals surface area contributed by atoms with Gasteiger partial charge in [0.15, 0.2) is 5.60 Å². The van der Waals surface area contributed by atoms with Gasteiger partial charge in [-0.1, -0.05) is 12.1 Å². The first kappa shape index (κ1) is 14.6. The molecule has 0 spiro atoms. The van der Waals surface area contributed by atoms with E-state index >= 15 is 0 Å². The first-order valence-electron chi connectivity index (χ1n) is 4.87. The molecule has 1 aromatic carbocycles. The Morgan fingerprint density at radius 1 is 1.44 bits per heavy atom. The van der Waals surface area contributed by atoms with Crippen LogP contribution in [0.3, 0.4) is 0 Å². The predicted molar refractivity (Wildman–Crippen MR) is 59.8 cm³/mol. The summed E-state index contributed by atoms with van der Waals surface area (Å²) in [6.45, 7) is 0.165. The maximum absolute atomic E-state index is 13.3. The van der Waals surface area contributed by atoms with E-state index in [4.69, 9.17) is 5.11 Å². The van der Waals surface area contributed by atoms with Crippen LogP contribution in [-0.4, -0.2) is 36.7 Å². The van der Waals surface area contributed by atoms with E-state index in [1.807, 2.05) is 4.72 Å². The average molecular weight is 277 g/mol. The molecule has 0 fully saturated rings. The lowest BCUT2D eigenvalue weighted by molar-refractivity contribution is -0.155. The van der Waals surface area contributed by atoms with E-state index in [9.17, 15) is 22.7 Å². The van der Waals surface area contributed by atoms with Crippen molar-refractivity contribution in [1.82, 2.24) is 4.72 Å². The van der Waals surface area contributed by atoms with Crippen molar-refractivity contribution in [1.29, 1.82) is 0 Å². The van der Waals surface area contributed by atoms with Crippen molar-refractivity contribution < 1.29 is 27.8 Å². The molecule has 8 heteroatoms. The summed E-state index contributed by atoms with van der Waals surface area (Å²) in [6.07, 6.45) is 0. The standard InChI is InChI=1S/C10H12FNO5S/c1-10(15,9(13)14)6-12-18(16,17)8-5-3-2-4-7(8)11/h2-5,12,15H,6H2,1H3,(H,13,14). The second kappa shape index (κ2) is 5.01. The molecule has 100 valence electrons. The molecular formula is C10H12FNO5S. The van der Waals surface area contributed by atoms with Crippen LogP contribution in [0.1, 0.15) is 6.92 Å². The summed E-state index contributed by atoms with van der Waals surface area (Å²) in [4.78, 5) is 9.98. The Morgan fingerprint density at radius 2 is 2.00 bits per heavy atom. The van der Waals surface area contributed by atoms with Gasteiger partial charge in [0, 0.05) is 0 Å². The van der Waals surface area contributed by atoms with Crippen molar-refractivity contribution in [3.63, 3.8) is 0 Å². The number of sulfonamides is 1. The molecule has 0 aliphatic rings. The molecule has 3 N–H and O–H groups in total. The van der Waals surface area contributed by atoms with Crippen molar-refractivity contribution in [3.8, 4) is 0 Å². The number of rotatable bonds is 5. The molecular weight excluding hydrogens is 265 g/mol. The first-order chi connectivity index (χ1) is 8.17. The molecule has 1 aromatic rings. The molecule has 0 bridgehead atoms. The Kier molecular flexibility index (Phi) is 4.05. The van der Waals surface area contributed by atoms with Crippen LogP contribution in [-0.2, 0) is 14.8 Å². The summed E-state index contributed by atoms with van der Waals surface area (Å²) in [7, 11) is -4.21. The quantitative estimate of drug-likeness (QED) is 0.699. The van der Waals surface area contributed by atoms with Gasteiger partial charge in [0.1, 0.15) is 10.7 Å². The zero-order valence-corrected chi connectivity index (χ0v) is 10.2. The fourth-order valence-electron chi connectivity index (χ4n) is 1.05.